The van der Waals surface area contributed by atoms with Crippen LogP contribution in [0.25, 0.3) is 0 Å². The molecule has 14 heavy (non-hydrogen) atoms. The number of halogens is 1. The first-order valence-corrected chi connectivity index (χ1v) is 4.91. The van der Waals surface area contributed by atoms with Gasteiger partial charge in [0.2, 0.25) is 0 Å². The molecule has 0 bridgehead atoms. The summed E-state index contributed by atoms with van der Waals surface area (Å²) in [7, 11) is -1.37. The Labute approximate surface area is 92.9 Å². The minimum absolute atomic E-state index is 0. The zero-order chi connectivity index (χ0) is 10.1. The van der Waals surface area contributed by atoms with E-state index in [1.54, 1.807) is 0 Å². The van der Waals surface area contributed by atoms with Crippen molar-refractivity contribution in [1.82, 2.24) is 0 Å². The molecular formula is C9H21BClNO2. The average Bonchev–Trinajstić information content (AvgIpc) is 2.10. The van der Waals surface area contributed by atoms with Crippen LogP contribution in [-0.2, 0) is 0 Å². The standard InChI is InChI=1S/C9H20BNO2.ClH/c1-2-3-4-5-6-7-8-9(11)10(12)13;/h2,9,12-13H,1,3-8,11H2;1H/t9-;/m1./s1. The van der Waals surface area contributed by atoms with Gasteiger partial charge in [-0.25, -0.2) is 0 Å². The van der Waals surface area contributed by atoms with E-state index in [0.29, 0.717) is 6.42 Å². The summed E-state index contributed by atoms with van der Waals surface area (Å²) in [6.45, 7) is 3.64. The van der Waals surface area contributed by atoms with Gasteiger partial charge >= 0.3 is 7.12 Å². The molecule has 0 radical (unpaired) electrons. The van der Waals surface area contributed by atoms with E-state index in [1.165, 1.54) is 12.8 Å². The van der Waals surface area contributed by atoms with Gasteiger partial charge in [-0.15, -0.1) is 19.0 Å². The van der Waals surface area contributed by atoms with Crippen molar-refractivity contribution in [3.05, 3.63) is 12.7 Å². The lowest BCUT2D eigenvalue weighted by molar-refractivity contribution is 0.379. The second kappa shape index (κ2) is 11.1. The van der Waals surface area contributed by atoms with Crippen LogP contribution in [0, 0.1) is 0 Å². The summed E-state index contributed by atoms with van der Waals surface area (Å²) < 4.78 is 0. The highest BCUT2D eigenvalue weighted by Gasteiger charge is 2.17. The lowest BCUT2D eigenvalue weighted by Crippen LogP contribution is -2.38. The molecule has 84 valence electrons. The van der Waals surface area contributed by atoms with Crippen LogP contribution in [0.4, 0.5) is 0 Å². The van der Waals surface area contributed by atoms with E-state index in [-0.39, 0.29) is 12.4 Å². The van der Waals surface area contributed by atoms with Crippen molar-refractivity contribution in [1.29, 1.82) is 0 Å². The highest BCUT2D eigenvalue weighted by atomic mass is 35.5. The maximum absolute atomic E-state index is 8.68. The molecule has 0 amide bonds. The summed E-state index contributed by atoms with van der Waals surface area (Å²) >= 11 is 0. The SMILES string of the molecule is C=CCCCCCC[C@@H](N)B(O)O.Cl. The molecule has 0 fully saturated rings. The molecule has 0 aromatic heterocycles. The molecule has 0 aliphatic carbocycles. The van der Waals surface area contributed by atoms with E-state index in [4.69, 9.17) is 15.8 Å². The lowest BCUT2D eigenvalue weighted by Gasteiger charge is -2.08. The Hall–Kier alpha value is -0.0251. The minimum atomic E-state index is -1.37. The lowest BCUT2D eigenvalue weighted by atomic mass is 9.77. The van der Waals surface area contributed by atoms with Gasteiger partial charge in [0.25, 0.3) is 0 Å². The number of rotatable bonds is 8. The molecular weight excluding hydrogens is 200 g/mol. The summed E-state index contributed by atoms with van der Waals surface area (Å²) in [6.07, 6.45) is 8.08. The van der Waals surface area contributed by atoms with E-state index >= 15 is 0 Å². The molecule has 0 saturated carbocycles. The van der Waals surface area contributed by atoms with Crippen molar-refractivity contribution in [2.24, 2.45) is 5.73 Å². The van der Waals surface area contributed by atoms with E-state index in [0.717, 1.165) is 19.3 Å². The van der Waals surface area contributed by atoms with Gasteiger partial charge < -0.3 is 15.8 Å². The van der Waals surface area contributed by atoms with Crippen LogP contribution in [0.1, 0.15) is 38.5 Å². The van der Waals surface area contributed by atoms with Gasteiger partial charge in [-0.3, -0.25) is 0 Å². The van der Waals surface area contributed by atoms with Crippen LogP contribution in [0.15, 0.2) is 12.7 Å². The zero-order valence-electron chi connectivity index (χ0n) is 8.56. The van der Waals surface area contributed by atoms with Crippen LogP contribution in [0.2, 0.25) is 0 Å². The number of nitrogens with two attached hydrogens (primary N) is 1. The van der Waals surface area contributed by atoms with Crippen molar-refractivity contribution in [2.45, 2.75) is 44.5 Å². The Morgan fingerprint density at radius 1 is 1.21 bits per heavy atom. The summed E-state index contributed by atoms with van der Waals surface area (Å²) in [5.41, 5.74) is 5.44. The second-order valence-electron chi connectivity index (χ2n) is 3.36. The first-order valence-electron chi connectivity index (χ1n) is 4.91. The largest absolute Gasteiger partial charge is 0.469 e. The number of hydrogen-bond donors (Lipinski definition) is 3. The van der Waals surface area contributed by atoms with Gasteiger partial charge in [0.05, 0.1) is 0 Å². The van der Waals surface area contributed by atoms with Crippen molar-refractivity contribution in [3.63, 3.8) is 0 Å². The average molecular weight is 222 g/mol. The van der Waals surface area contributed by atoms with Gasteiger partial charge in [-0.1, -0.05) is 25.3 Å². The zero-order valence-corrected chi connectivity index (χ0v) is 9.38. The molecule has 0 aromatic carbocycles. The molecule has 0 saturated heterocycles. The van der Waals surface area contributed by atoms with Crippen LogP contribution in [-0.4, -0.2) is 23.1 Å². The van der Waals surface area contributed by atoms with Crippen LogP contribution < -0.4 is 5.73 Å². The third kappa shape index (κ3) is 10.1. The predicted molar refractivity (Wildman–Crippen MR) is 63.3 cm³/mol. The summed E-state index contributed by atoms with van der Waals surface area (Å²) in [5, 5.41) is 17.4. The molecule has 4 N–H and O–H groups in total. The van der Waals surface area contributed by atoms with Gasteiger partial charge in [0, 0.05) is 5.94 Å². The molecule has 0 aliphatic heterocycles. The Bertz CT molecular complexity index is 136. The summed E-state index contributed by atoms with van der Waals surface area (Å²) in [6, 6.07) is 0. The predicted octanol–water partition coefficient (Wildman–Crippen LogP) is 1.27. The maximum atomic E-state index is 8.68. The summed E-state index contributed by atoms with van der Waals surface area (Å²) in [4.78, 5) is 0. The third-order valence-corrected chi connectivity index (χ3v) is 2.08. The second-order valence-corrected chi connectivity index (χ2v) is 3.36. The molecule has 0 rings (SSSR count). The topological polar surface area (TPSA) is 66.5 Å². The highest BCUT2D eigenvalue weighted by molar-refractivity contribution is 6.43. The van der Waals surface area contributed by atoms with E-state index < -0.39 is 13.1 Å². The molecule has 0 spiro atoms. The smallest absolute Gasteiger partial charge is 0.426 e. The highest BCUT2D eigenvalue weighted by Crippen LogP contribution is 2.07. The van der Waals surface area contributed by atoms with Crippen molar-refractivity contribution >= 4 is 19.5 Å². The Morgan fingerprint density at radius 2 is 1.79 bits per heavy atom. The minimum Gasteiger partial charge on any atom is -0.426 e. The van der Waals surface area contributed by atoms with Crippen molar-refractivity contribution in [3.8, 4) is 0 Å². The first kappa shape index (κ1) is 16.4. The Morgan fingerprint density at radius 3 is 2.29 bits per heavy atom. The van der Waals surface area contributed by atoms with Crippen LogP contribution in [0.3, 0.4) is 0 Å². The number of unbranched alkanes of at least 4 members (excludes halogenated alkanes) is 4. The molecule has 3 nitrogen and oxygen atoms in total. The fourth-order valence-electron chi connectivity index (χ4n) is 1.17. The van der Waals surface area contributed by atoms with Crippen molar-refractivity contribution in [2.75, 3.05) is 0 Å². The maximum Gasteiger partial charge on any atom is 0.469 e. The fraction of sp³-hybridized carbons (Fsp3) is 0.778. The van der Waals surface area contributed by atoms with Gasteiger partial charge in [-0.2, -0.15) is 0 Å². The normalized spacial score (nSPS) is 11.6. The molecule has 1 atom stereocenters. The molecule has 0 heterocycles. The quantitative estimate of drug-likeness (QED) is 0.329. The van der Waals surface area contributed by atoms with E-state index in [1.807, 2.05) is 6.08 Å². The third-order valence-electron chi connectivity index (χ3n) is 2.08. The van der Waals surface area contributed by atoms with Crippen LogP contribution in [0.5, 0.6) is 0 Å². The Balaban J connectivity index is 0. The Kier molecular flexibility index (Phi) is 13.0. The number of hydrogen-bond acceptors (Lipinski definition) is 3. The monoisotopic (exact) mass is 221 g/mol. The van der Waals surface area contributed by atoms with Crippen molar-refractivity contribution < 1.29 is 10.0 Å². The van der Waals surface area contributed by atoms with E-state index in [2.05, 4.69) is 6.58 Å². The van der Waals surface area contributed by atoms with Crippen LogP contribution >= 0.6 is 12.4 Å². The van der Waals surface area contributed by atoms with Gasteiger partial charge in [0.1, 0.15) is 0 Å². The summed E-state index contributed by atoms with van der Waals surface area (Å²) in [5.74, 6) is -0.487. The number of allylic oxidation sites excluding steroid dienone is 1. The molecule has 0 aromatic rings. The molecule has 5 heteroatoms. The van der Waals surface area contributed by atoms with Gasteiger partial charge in [0.15, 0.2) is 0 Å². The van der Waals surface area contributed by atoms with Gasteiger partial charge in [-0.05, 0) is 19.3 Å². The first-order chi connectivity index (χ1) is 6.18. The fourth-order valence-corrected chi connectivity index (χ4v) is 1.17. The molecule has 0 aliphatic rings. The van der Waals surface area contributed by atoms with E-state index in [9.17, 15) is 0 Å². The molecule has 0 unspecified atom stereocenters.